The number of rotatable bonds is 2. The van der Waals surface area contributed by atoms with Crippen LogP contribution in [0.15, 0.2) is 42.5 Å². The molecular weight excluding hydrogens is 275 g/mol. The first kappa shape index (κ1) is 14.0. The van der Waals surface area contributed by atoms with Crippen molar-refractivity contribution < 1.29 is 13.2 Å². The van der Waals surface area contributed by atoms with Crippen LogP contribution in [-0.2, 0) is 0 Å². The van der Waals surface area contributed by atoms with Gasteiger partial charge in [-0.05, 0) is 48.6 Å². The number of benzene rings is 2. The minimum absolute atomic E-state index is 0.0649. The summed E-state index contributed by atoms with van der Waals surface area (Å²) in [4.78, 5) is 1.75. The fourth-order valence-electron chi connectivity index (χ4n) is 2.96. The average Bonchev–Trinajstić information content (AvgIpc) is 2.49. The van der Waals surface area contributed by atoms with Crippen LogP contribution in [0.2, 0.25) is 0 Å². The SMILES string of the molecule is Fc1ccc(C2CCN(c3c(F)cccc3F)CC2)cc1. The Hall–Kier alpha value is -1.97. The average molecular weight is 291 g/mol. The van der Waals surface area contributed by atoms with Gasteiger partial charge in [-0.2, -0.15) is 0 Å². The highest BCUT2D eigenvalue weighted by Gasteiger charge is 2.24. The second-order valence-corrected chi connectivity index (χ2v) is 5.38. The zero-order valence-electron chi connectivity index (χ0n) is 11.5. The van der Waals surface area contributed by atoms with Gasteiger partial charge in [-0.3, -0.25) is 0 Å². The molecule has 0 spiro atoms. The molecule has 2 aromatic rings. The van der Waals surface area contributed by atoms with Crippen LogP contribution in [0.4, 0.5) is 18.9 Å². The first-order chi connectivity index (χ1) is 10.1. The highest BCUT2D eigenvalue weighted by Crippen LogP contribution is 2.32. The van der Waals surface area contributed by atoms with Crippen LogP contribution in [0.3, 0.4) is 0 Å². The quantitative estimate of drug-likeness (QED) is 0.788. The minimum Gasteiger partial charge on any atom is -0.367 e. The molecule has 0 unspecified atom stereocenters. The van der Waals surface area contributed by atoms with E-state index in [1.807, 2.05) is 0 Å². The lowest BCUT2D eigenvalue weighted by Gasteiger charge is -2.34. The first-order valence-corrected chi connectivity index (χ1v) is 7.09. The second-order valence-electron chi connectivity index (χ2n) is 5.38. The molecule has 1 nitrogen and oxygen atoms in total. The molecule has 0 atom stereocenters. The van der Waals surface area contributed by atoms with Gasteiger partial charge in [-0.1, -0.05) is 18.2 Å². The number of piperidine rings is 1. The second kappa shape index (κ2) is 5.80. The molecule has 1 saturated heterocycles. The number of hydrogen-bond acceptors (Lipinski definition) is 1. The summed E-state index contributed by atoms with van der Waals surface area (Å²) >= 11 is 0. The van der Waals surface area contributed by atoms with Gasteiger partial charge in [0.2, 0.25) is 0 Å². The lowest BCUT2D eigenvalue weighted by molar-refractivity contribution is 0.485. The largest absolute Gasteiger partial charge is 0.367 e. The van der Waals surface area contributed by atoms with E-state index < -0.39 is 11.6 Å². The molecular formula is C17H16F3N. The molecule has 0 saturated carbocycles. The molecule has 1 heterocycles. The number of para-hydroxylation sites is 1. The molecule has 0 amide bonds. The van der Waals surface area contributed by atoms with Crippen molar-refractivity contribution in [1.82, 2.24) is 0 Å². The molecule has 1 aliphatic heterocycles. The predicted molar refractivity (Wildman–Crippen MR) is 76.9 cm³/mol. The normalized spacial score (nSPS) is 16.2. The highest BCUT2D eigenvalue weighted by molar-refractivity contribution is 5.49. The van der Waals surface area contributed by atoms with Gasteiger partial charge < -0.3 is 4.90 Å². The molecule has 1 aliphatic rings. The van der Waals surface area contributed by atoms with Gasteiger partial charge >= 0.3 is 0 Å². The van der Waals surface area contributed by atoms with E-state index in [-0.39, 0.29) is 11.5 Å². The van der Waals surface area contributed by atoms with Gasteiger partial charge in [0.05, 0.1) is 0 Å². The van der Waals surface area contributed by atoms with Gasteiger partial charge in [0, 0.05) is 13.1 Å². The molecule has 3 rings (SSSR count). The molecule has 0 N–H and O–H groups in total. The zero-order valence-corrected chi connectivity index (χ0v) is 11.5. The van der Waals surface area contributed by atoms with Crippen molar-refractivity contribution >= 4 is 5.69 Å². The predicted octanol–water partition coefficient (Wildman–Crippen LogP) is 4.49. The maximum absolute atomic E-state index is 13.8. The van der Waals surface area contributed by atoms with E-state index in [0.717, 1.165) is 18.4 Å². The molecule has 0 radical (unpaired) electrons. The Morgan fingerprint density at radius 1 is 0.810 bits per heavy atom. The maximum Gasteiger partial charge on any atom is 0.149 e. The van der Waals surface area contributed by atoms with Crippen LogP contribution < -0.4 is 4.90 Å². The third-order valence-corrected chi connectivity index (χ3v) is 4.09. The number of halogens is 3. The lowest BCUT2D eigenvalue weighted by atomic mass is 9.89. The van der Waals surface area contributed by atoms with Crippen LogP contribution >= 0.6 is 0 Å². The third-order valence-electron chi connectivity index (χ3n) is 4.09. The van der Waals surface area contributed by atoms with Crippen molar-refractivity contribution in [3.05, 3.63) is 65.5 Å². The zero-order chi connectivity index (χ0) is 14.8. The topological polar surface area (TPSA) is 3.24 Å². The van der Waals surface area contributed by atoms with Crippen LogP contribution in [0, 0.1) is 17.5 Å². The molecule has 2 aromatic carbocycles. The van der Waals surface area contributed by atoms with Crippen molar-refractivity contribution in [2.75, 3.05) is 18.0 Å². The van der Waals surface area contributed by atoms with Gasteiger partial charge in [-0.15, -0.1) is 0 Å². The van der Waals surface area contributed by atoms with Gasteiger partial charge in [0.25, 0.3) is 0 Å². The minimum atomic E-state index is -0.518. The summed E-state index contributed by atoms with van der Waals surface area (Å²) in [6.07, 6.45) is 1.61. The highest BCUT2D eigenvalue weighted by atomic mass is 19.1. The smallest absolute Gasteiger partial charge is 0.149 e. The van der Waals surface area contributed by atoms with Crippen molar-refractivity contribution in [3.63, 3.8) is 0 Å². The number of anilines is 1. The molecule has 21 heavy (non-hydrogen) atoms. The summed E-state index contributed by atoms with van der Waals surface area (Å²) in [5.41, 5.74) is 1.15. The maximum atomic E-state index is 13.8. The Kier molecular flexibility index (Phi) is 3.86. The monoisotopic (exact) mass is 291 g/mol. The van der Waals surface area contributed by atoms with Crippen molar-refractivity contribution in [1.29, 1.82) is 0 Å². The molecule has 0 aromatic heterocycles. The van der Waals surface area contributed by atoms with E-state index in [1.54, 1.807) is 17.0 Å². The summed E-state index contributed by atoms with van der Waals surface area (Å²) in [5, 5.41) is 0. The van der Waals surface area contributed by atoms with E-state index in [1.165, 1.54) is 30.3 Å². The fourth-order valence-corrected chi connectivity index (χ4v) is 2.96. The summed E-state index contributed by atoms with van der Waals surface area (Å²) in [6.45, 7) is 1.19. The molecule has 110 valence electrons. The lowest BCUT2D eigenvalue weighted by Crippen LogP contribution is -2.34. The Morgan fingerprint density at radius 2 is 1.38 bits per heavy atom. The van der Waals surface area contributed by atoms with Crippen molar-refractivity contribution in [3.8, 4) is 0 Å². The van der Waals surface area contributed by atoms with Crippen LogP contribution in [-0.4, -0.2) is 13.1 Å². The van der Waals surface area contributed by atoms with Crippen LogP contribution in [0.25, 0.3) is 0 Å². The van der Waals surface area contributed by atoms with E-state index >= 15 is 0 Å². The van der Waals surface area contributed by atoms with Crippen LogP contribution in [0.5, 0.6) is 0 Å². The summed E-state index contributed by atoms with van der Waals surface area (Å²) in [5.74, 6) is -0.966. The third kappa shape index (κ3) is 2.89. The summed E-state index contributed by atoms with van der Waals surface area (Å²) in [6, 6.07) is 10.4. The molecule has 0 aliphatic carbocycles. The number of nitrogens with zero attached hydrogens (tertiary/aromatic N) is 1. The Bertz CT molecular complexity index is 596. The summed E-state index contributed by atoms with van der Waals surface area (Å²) < 4.78 is 40.5. The number of hydrogen-bond donors (Lipinski definition) is 0. The van der Waals surface area contributed by atoms with E-state index in [2.05, 4.69) is 0 Å². The Morgan fingerprint density at radius 3 is 1.95 bits per heavy atom. The first-order valence-electron chi connectivity index (χ1n) is 7.09. The van der Waals surface area contributed by atoms with Crippen LogP contribution in [0.1, 0.15) is 24.3 Å². The standard InChI is InChI=1S/C17H16F3N/c18-14-6-4-12(5-7-14)13-8-10-21(11-9-13)17-15(19)2-1-3-16(17)20/h1-7,13H,8-11H2. The van der Waals surface area contributed by atoms with E-state index in [0.29, 0.717) is 19.0 Å². The Balaban J connectivity index is 1.72. The molecule has 1 fully saturated rings. The van der Waals surface area contributed by atoms with Crippen molar-refractivity contribution in [2.45, 2.75) is 18.8 Å². The van der Waals surface area contributed by atoms with Gasteiger partial charge in [0.1, 0.15) is 23.1 Å². The molecule has 0 bridgehead atoms. The van der Waals surface area contributed by atoms with Gasteiger partial charge in [0.15, 0.2) is 0 Å². The van der Waals surface area contributed by atoms with E-state index in [9.17, 15) is 13.2 Å². The van der Waals surface area contributed by atoms with Crippen molar-refractivity contribution in [2.24, 2.45) is 0 Å². The van der Waals surface area contributed by atoms with Gasteiger partial charge in [-0.25, -0.2) is 13.2 Å². The molecule has 4 heteroatoms. The fraction of sp³-hybridized carbons (Fsp3) is 0.294. The summed E-state index contributed by atoms with van der Waals surface area (Å²) in [7, 11) is 0. The Labute approximate surface area is 122 Å². The van der Waals surface area contributed by atoms with E-state index in [4.69, 9.17) is 0 Å².